The van der Waals surface area contributed by atoms with E-state index in [0.717, 1.165) is 22.4 Å². The minimum absolute atomic E-state index is 0.107. The van der Waals surface area contributed by atoms with Crippen LogP contribution in [0, 0.1) is 20.8 Å². The van der Waals surface area contributed by atoms with Gasteiger partial charge in [-0.05, 0) is 69.2 Å². The summed E-state index contributed by atoms with van der Waals surface area (Å²) in [5.41, 5.74) is 4.59. The van der Waals surface area contributed by atoms with Crippen molar-refractivity contribution >= 4 is 23.4 Å². The molecule has 0 aliphatic rings. The molecule has 2 aromatic carbocycles. The normalized spacial score (nSPS) is 11.9. The summed E-state index contributed by atoms with van der Waals surface area (Å²) >= 11 is 1.32. The van der Waals surface area contributed by atoms with E-state index in [0.29, 0.717) is 10.7 Å². The molecule has 0 aliphatic heterocycles. The molecule has 144 valence electrons. The van der Waals surface area contributed by atoms with E-state index in [1.54, 1.807) is 6.07 Å². The highest BCUT2D eigenvalue weighted by atomic mass is 32.2. The molecule has 0 bridgehead atoms. The number of nitrogens with zero attached hydrogens (tertiary/aromatic N) is 2. The van der Waals surface area contributed by atoms with Crippen molar-refractivity contribution in [3.8, 4) is 5.69 Å². The first kappa shape index (κ1) is 19.9. The van der Waals surface area contributed by atoms with E-state index in [1.165, 1.54) is 22.5 Å². The SMILES string of the molecule is Cc1ccc(-n2nc(S[C@@H](C)C(=O)Nc3cc(C)cc(C)c3)ccc2=O)cc1. The van der Waals surface area contributed by atoms with Gasteiger partial charge >= 0.3 is 0 Å². The number of amides is 1. The lowest BCUT2D eigenvalue weighted by Crippen LogP contribution is -2.24. The van der Waals surface area contributed by atoms with Crippen molar-refractivity contribution in [2.24, 2.45) is 0 Å². The van der Waals surface area contributed by atoms with Crippen molar-refractivity contribution < 1.29 is 4.79 Å². The Balaban J connectivity index is 1.75. The lowest BCUT2D eigenvalue weighted by atomic mass is 10.1. The molecule has 0 unspecified atom stereocenters. The number of aryl methyl sites for hydroxylation is 3. The third-order valence-electron chi connectivity index (χ3n) is 4.21. The number of nitrogens with one attached hydrogen (secondary N) is 1. The van der Waals surface area contributed by atoms with Crippen LogP contribution in [0.3, 0.4) is 0 Å². The fourth-order valence-corrected chi connectivity index (χ4v) is 3.66. The maximum absolute atomic E-state index is 12.6. The summed E-state index contributed by atoms with van der Waals surface area (Å²) in [6.45, 7) is 7.81. The Morgan fingerprint density at radius 2 is 1.61 bits per heavy atom. The van der Waals surface area contributed by atoms with Gasteiger partial charge in [-0.15, -0.1) is 0 Å². The van der Waals surface area contributed by atoms with Gasteiger partial charge in [-0.2, -0.15) is 9.78 Å². The number of carbonyl (C=O) groups excluding carboxylic acids is 1. The average molecular weight is 394 g/mol. The van der Waals surface area contributed by atoms with Gasteiger partial charge in [-0.25, -0.2) is 0 Å². The number of anilines is 1. The van der Waals surface area contributed by atoms with E-state index in [4.69, 9.17) is 0 Å². The van der Waals surface area contributed by atoms with Crippen molar-refractivity contribution in [3.05, 3.63) is 81.6 Å². The largest absolute Gasteiger partial charge is 0.325 e. The summed E-state index contributed by atoms with van der Waals surface area (Å²) < 4.78 is 1.36. The third kappa shape index (κ3) is 4.89. The van der Waals surface area contributed by atoms with Gasteiger partial charge in [0.15, 0.2) is 0 Å². The second-order valence-electron chi connectivity index (χ2n) is 6.88. The number of carbonyl (C=O) groups is 1. The van der Waals surface area contributed by atoms with E-state index >= 15 is 0 Å². The Labute approximate surface area is 168 Å². The summed E-state index contributed by atoms with van der Waals surface area (Å²) in [4.78, 5) is 24.8. The highest BCUT2D eigenvalue weighted by Crippen LogP contribution is 2.22. The van der Waals surface area contributed by atoms with Crippen LogP contribution in [0.4, 0.5) is 5.69 Å². The second kappa shape index (κ2) is 8.44. The molecule has 0 saturated carbocycles. The summed E-state index contributed by atoms with van der Waals surface area (Å²) in [7, 11) is 0. The van der Waals surface area contributed by atoms with Crippen molar-refractivity contribution in [3.63, 3.8) is 0 Å². The molecule has 1 N–H and O–H groups in total. The zero-order valence-electron chi connectivity index (χ0n) is 16.4. The Morgan fingerprint density at radius 1 is 0.964 bits per heavy atom. The first-order valence-corrected chi connectivity index (χ1v) is 9.93. The molecule has 5 nitrogen and oxygen atoms in total. The smallest absolute Gasteiger partial charge is 0.271 e. The minimum atomic E-state index is -0.364. The van der Waals surface area contributed by atoms with Crippen molar-refractivity contribution in [2.45, 2.75) is 38.0 Å². The van der Waals surface area contributed by atoms with Crippen LogP contribution < -0.4 is 10.9 Å². The van der Waals surface area contributed by atoms with Gasteiger partial charge in [0.25, 0.3) is 5.56 Å². The number of aromatic nitrogens is 2. The standard InChI is InChI=1S/C22H23N3O2S/c1-14-5-7-19(8-6-14)25-21(26)10-9-20(24-25)28-17(4)22(27)23-18-12-15(2)11-16(3)13-18/h5-13,17H,1-4H3,(H,23,27)/t17-/m0/s1. The van der Waals surface area contributed by atoms with Gasteiger partial charge in [0, 0.05) is 11.8 Å². The quantitative estimate of drug-likeness (QED) is 0.657. The molecule has 0 aliphatic carbocycles. The van der Waals surface area contributed by atoms with Gasteiger partial charge in [0.2, 0.25) is 5.91 Å². The van der Waals surface area contributed by atoms with Gasteiger partial charge in [0.05, 0.1) is 10.9 Å². The molecule has 1 atom stereocenters. The van der Waals surface area contributed by atoms with E-state index in [2.05, 4.69) is 16.5 Å². The number of rotatable bonds is 5. The predicted molar refractivity (Wildman–Crippen MR) is 114 cm³/mol. The monoisotopic (exact) mass is 393 g/mol. The van der Waals surface area contributed by atoms with Gasteiger partial charge in [-0.1, -0.05) is 35.5 Å². The average Bonchev–Trinajstić information content (AvgIpc) is 2.63. The first-order valence-electron chi connectivity index (χ1n) is 9.05. The Bertz CT molecular complexity index is 1040. The van der Waals surface area contributed by atoms with Crippen molar-refractivity contribution in [1.29, 1.82) is 0 Å². The van der Waals surface area contributed by atoms with Crippen molar-refractivity contribution in [1.82, 2.24) is 9.78 Å². The highest BCUT2D eigenvalue weighted by molar-refractivity contribution is 8.00. The Morgan fingerprint density at radius 3 is 2.25 bits per heavy atom. The molecule has 3 rings (SSSR count). The van der Waals surface area contributed by atoms with Crippen LogP contribution in [0.15, 0.2) is 64.4 Å². The molecule has 0 fully saturated rings. The zero-order valence-corrected chi connectivity index (χ0v) is 17.2. The lowest BCUT2D eigenvalue weighted by Gasteiger charge is -2.13. The van der Waals surface area contributed by atoms with Crippen LogP contribution in [-0.4, -0.2) is 20.9 Å². The van der Waals surface area contributed by atoms with Crippen LogP contribution in [0.25, 0.3) is 5.69 Å². The summed E-state index contributed by atoms with van der Waals surface area (Å²) in [5.74, 6) is -0.107. The number of hydrogen-bond acceptors (Lipinski definition) is 4. The molecule has 1 aromatic heterocycles. The predicted octanol–water partition coefficient (Wildman–Crippen LogP) is 4.28. The molecule has 28 heavy (non-hydrogen) atoms. The fraction of sp³-hybridized carbons (Fsp3) is 0.227. The van der Waals surface area contributed by atoms with Crippen molar-refractivity contribution in [2.75, 3.05) is 5.32 Å². The molecule has 1 amide bonds. The van der Waals surface area contributed by atoms with Gasteiger partial charge in [0.1, 0.15) is 5.03 Å². The number of benzene rings is 2. The molecular weight excluding hydrogens is 370 g/mol. The molecule has 6 heteroatoms. The third-order valence-corrected chi connectivity index (χ3v) is 5.24. The lowest BCUT2D eigenvalue weighted by molar-refractivity contribution is -0.115. The molecule has 3 aromatic rings. The Hall–Kier alpha value is -2.86. The molecule has 1 heterocycles. The molecule has 0 saturated heterocycles. The van der Waals surface area contributed by atoms with Crippen LogP contribution in [0.1, 0.15) is 23.6 Å². The van der Waals surface area contributed by atoms with Crippen LogP contribution in [-0.2, 0) is 4.79 Å². The van der Waals surface area contributed by atoms with E-state index in [9.17, 15) is 9.59 Å². The fourth-order valence-electron chi connectivity index (χ4n) is 2.85. The zero-order chi connectivity index (χ0) is 20.3. The summed E-state index contributed by atoms with van der Waals surface area (Å²) in [6, 6.07) is 16.7. The van der Waals surface area contributed by atoms with Gasteiger partial charge in [-0.3, -0.25) is 9.59 Å². The number of hydrogen-bond donors (Lipinski definition) is 1. The highest BCUT2D eigenvalue weighted by Gasteiger charge is 2.16. The Kier molecular flexibility index (Phi) is 5.99. The van der Waals surface area contributed by atoms with E-state index in [1.807, 2.05) is 64.1 Å². The molecular formula is C22H23N3O2S. The molecule has 0 spiro atoms. The van der Waals surface area contributed by atoms with E-state index in [-0.39, 0.29) is 16.7 Å². The van der Waals surface area contributed by atoms with Crippen LogP contribution in [0.5, 0.6) is 0 Å². The maximum atomic E-state index is 12.6. The first-order chi connectivity index (χ1) is 13.3. The number of thioether (sulfide) groups is 1. The van der Waals surface area contributed by atoms with E-state index < -0.39 is 0 Å². The molecule has 0 radical (unpaired) electrons. The van der Waals surface area contributed by atoms with Crippen LogP contribution >= 0.6 is 11.8 Å². The summed E-state index contributed by atoms with van der Waals surface area (Å²) in [5, 5.41) is 7.62. The van der Waals surface area contributed by atoms with Crippen LogP contribution in [0.2, 0.25) is 0 Å². The maximum Gasteiger partial charge on any atom is 0.271 e. The van der Waals surface area contributed by atoms with Gasteiger partial charge < -0.3 is 5.32 Å². The minimum Gasteiger partial charge on any atom is -0.325 e. The summed E-state index contributed by atoms with van der Waals surface area (Å²) in [6.07, 6.45) is 0. The second-order valence-corrected chi connectivity index (χ2v) is 8.24. The topological polar surface area (TPSA) is 64.0 Å².